The van der Waals surface area contributed by atoms with Crippen molar-refractivity contribution in [2.75, 3.05) is 13.7 Å². The van der Waals surface area contributed by atoms with Gasteiger partial charge >= 0.3 is 7.12 Å². The van der Waals surface area contributed by atoms with E-state index in [9.17, 15) is 4.79 Å². The lowest BCUT2D eigenvalue weighted by atomic mass is 9.74. The Morgan fingerprint density at radius 3 is 2.27 bits per heavy atom. The lowest BCUT2D eigenvalue weighted by molar-refractivity contribution is 0.00578. The van der Waals surface area contributed by atoms with Crippen LogP contribution in [0.25, 0.3) is 0 Å². The van der Waals surface area contributed by atoms with Crippen LogP contribution >= 0.6 is 0 Å². The zero-order valence-corrected chi connectivity index (χ0v) is 17.2. The summed E-state index contributed by atoms with van der Waals surface area (Å²) in [4.78, 5) is 14.8. The zero-order valence-electron chi connectivity index (χ0n) is 17.2. The number of carbonyl (C=O) groups is 1. The number of benzene rings is 1. The maximum Gasteiger partial charge on any atom is 0.495 e. The van der Waals surface area contributed by atoms with Gasteiger partial charge in [0.1, 0.15) is 5.75 Å². The smallest absolute Gasteiger partial charge is 0.492 e. The van der Waals surface area contributed by atoms with Crippen molar-refractivity contribution in [2.45, 2.75) is 72.1 Å². The standard InChI is InChI=1S/C20H30BNO4/c1-12-9-10-24-17-14(3)13(2)16(11-15(17)18(23)22(12)8)21-25-19(4,5)20(6,7)26-21/h11-12H,9-10H2,1-8H3. The van der Waals surface area contributed by atoms with Gasteiger partial charge in [-0.05, 0) is 71.1 Å². The van der Waals surface area contributed by atoms with Crippen LogP contribution in [0.3, 0.4) is 0 Å². The number of hydrogen-bond donors (Lipinski definition) is 0. The summed E-state index contributed by atoms with van der Waals surface area (Å²) in [7, 11) is 1.36. The first-order valence-electron chi connectivity index (χ1n) is 9.36. The molecule has 142 valence electrons. The molecule has 2 heterocycles. The van der Waals surface area contributed by atoms with Crippen molar-refractivity contribution in [2.24, 2.45) is 0 Å². The Morgan fingerprint density at radius 2 is 1.69 bits per heavy atom. The Kier molecular flexibility index (Phi) is 4.64. The van der Waals surface area contributed by atoms with Gasteiger partial charge in [0.05, 0.1) is 23.4 Å². The van der Waals surface area contributed by atoms with Gasteiger partial charge in [-0.15, -0.1) is 0 Å². The lowest BCUT2D eigenvalue weighted by Gasteiger charge is -2.32. The summed E-state index contributed by atoms with van der Waals surface area (Å²) in [6.45, 7) is 14.8. The number of fused-ring (bicyclic) bond motifs is 1. The predicted octanol–water partition coefficient (Wildman–Crippen LogP) is 2.85. The largest absolute Gasteiger partial charge is 0.495 e. The summed E-state index contributed by atoms with van der Waals surface area (Å²) in [6.07, 6.45) is 0.819. The van der Waals surface area contributed by atoms with Crippen LogP contribution in [-0.4, -0.2) is 48.8 Å². The molecule has 2 aliphatic heterocycles. The first-order valence-corrected chi connectivity index (χ1v) is 9.36. The average molecular weight is 359 g/mol. The van der Waals surface area contributed by atoms with Gasteiger partial charge in [-0.2, -0.15) is 0 Å². The Morgan fingerprint density at radius 1 is 1.12 bits per heavy atom. The molecular weight excluding hydrogens is 329 g/mol. The molecule has 5 nitrogen and oxygen atoms in total. The Balaban J connectivity index is 2.10. The molecular formula is C20H30BNO4. The minimum Gasteiger partial charge on any atom is -0.492 e. The van der Waals surface area contributed by atoms with Crippen molar-refractivity contribution >= 4 is 18.5 Å². The van der Waals surface area contributed by atoms with Crippen LogP contribution in [0.5, 0.6) is 5.75 Å². The van der Waals surface area contributed by atoms with Crippen LogP contribution in [0.4, 0.5) is 0 Å². The summed E-state index contributed by atoms with van der Waals surface area (Å²) in [5.41, 5.74) is 2.67. The monoisotopic (exact) mass is 359 g/mol. The second kappa shape index (κ2) is 6.27. The minimum atomic E-state index is -0.495. The van der Waals surface area contributed by atoms with E-state index in [0.717, 1.165) is 23.0 Å². The van der Waals surface area contributed by atoms with E-state index in [-0.39, 0.29) is 11.9 Å². The van der Waals surface area contributed by atoms with Gasteiger partial charge in [0.25, 0.3) is 5.91 Å². The van der Waals surface area contributed by atoms with E-state index >= 15 is 0 Å². The van der Waals surface area contributed by atoms with Gasteiger partial charge < -0.3 is 18.9 Å². The van der Waals surface area contributed by atoms with Gasteiger partial charge in [0, 0.05) is 19.5 Å². The third kappa shape index (κ3) is 2.93. The molecule has 1 saturated heterocycles. The zero-order chi connectivity index (χ0) is 19.4. The molecule has 1 aromatic rings. The van der Waals surface area contributed by atoms with Crippen LogP contribution in [0, 0.1) is 13.8 Å². The third-order valence-corrected chi connectivity index (χ3v) is 6.38. The molecule has 1 atom stereocenters. The average Bonchev–Trinajstić information content (AvgIpc) is 2.76. The lowest BCUT2D eigenvalue weighted by Crippen LogP contribution is -2.41. The van der Waals surface area contributed by atoms with Gasteiger partial charge in [-0.1, -0.05) is 0 Å². The fourth-order valence-electron chi connectivity index (χ4n) is 3.39. The summed E-state index contributed by atoms with van der Waals surface area (Å²) < 4.78 is 18.5. The summed E-state index contributed by atoms with van der Waals surface area (Å²) in [5.74, 6) is 0.666. The quantitative estimate of drug-likeness (QED) is 0.724. The highest BCUT2D eigenvalue weighted by molar-refractivity contribution is 6.62. The summed E-state index contributed by atoms with van der Waals surface area (Å²) in [5, 5.41) is 0. The van der Waals surface area contributed by atoms with E-state index in [0.29, 0.717) is 17.9 Å². The van der Waals surface area contributed by atoms with Crippen LogP contribution in [0.15, 0.2) is 6.07 Å². The van der Waals surface area contributed by atoms with Crippen molar-refractivity contribution in [1.29, 1.82) is 0 Å². The molecule has 26 heavy (non-hydrogen) atoms. The third-order valence-electron chi connectivity index (χ3n) is 6.38. The second-order valence-corrected chi connectivity index (χ2v) is 8.58. The molecule has 0 aliphatic carbocycles. The maximum atomic E-state index is 13.0. The van der Waals surface area contributed by atoms with Crippen molar-refractivity contribution in [3.63, 3.8) is 0 Å². The number of ether oxygens (including phenoxy) is 1. The van der Waals surface area contributed by atoms with E-state index in [4.69, 9.17) is 14.0 Å². The van der Waals surface area contributed by atoms with Gasteiger partial charge in [0.2, 0.25) is 0 Å². The number of rotatable bonds is 1. The molecule has 1 fully saturated rings. The van der Waals surface area contributed by atoms with Crippen LogP contribution in [-0.2, 0) is 9.31 Å². The molecule has 3 rings (SSSR count). The molecule has 0 bridgehead atoms. The second-order valence-electron chi connectivity index (χ2n) is 8.58. The van der Waals surface area contributed by atoms with E-state index in [1.54, 1.807) is 4.90 Å². The highest BCUT2D eigenvalue weighted by Gasteiger charge is 2.52. The van der Waals surface area contributed by atoms with Crippen molar-refractivity contribution in [3.8, 4) is 5.75 Å². The number of nitrogens with zero attached hydrogens (tertiary/aromatic N) is 1. The highest BCUT2D eigenvalue weighted by Crippen LogP contribution is 2.38. The van der Waals surface area contributed by atoms with Gasteiger partial charge in [-0.25, -0.2) is 0 Å². The maximum absolute atomic E-state index is 13.0. The molecule has 1 aromatic carbocycles. The number of hydrogen-bond acceptors (Lipinski definition) is 4. The molecule has 0 N–H and O–H groups in total. The summed E-state index contributed by atoms with van der Waals surface area (Å²) >= 11 is 0. The Bertz CT molecular complexity index is 728. The van der Waals surface area contributed by atoms with Crippen molar-refractivity contribution in [1.82, 2.24) is 4.90 Å². The molecule has 1 amide bonds. The molecule has 6 heteroatoms. The van der Waals surface area contributed by atoms with Crippen LogP contribution in [0.2, 0.25) is 0 Å². The summed E-state index contributed by atoms with van der Waals surface area (Å²) in [6, 6.07) is 2.04. The van der Waals surface area contributed by atoms with E-state index in [1.807, 2.05) is 61.6 Å². The Hall–Kier alpha value is -1.53. The molecule has 0 spiro atoms. The highest BCUT2D eigenvalue weighted by atomic mass is 16.7. The fraction of sp³-hybridized carbons (Fsp3) is 0.650. The number of amides is 1. The predicted molar refractivity (Wildman–Crippen MR) is 103 cm³/mol. The SMILES string of the molecule is Cc1c(B2OC(C)(C)C(C)(C)O2)cc2c(c1C)OCCC(C)N(C)C2=O. The first kappa shape index (κ1) is 19.2. The number of carbonyl (C=O) groups excluding carboxylic acids is 1. The van der Waals surface area contributed by atoms with Crippen molar-refractivity contribution in [3.05, 3.63) is 22.8 Å². The van der Waals surface area contributed by atoms with E-state index in [2.05, 4.69) is 0 Å². The molecule has 1 unspecified atom stereocenters. The molecule has 0 saturated carbocycles. The minimum absolute atomic E-state index is 0.0203. The van der Waals surface area contributed by atoms with E-state index < -0.39 is 18.3 Å². The van der Waals surface area contributed by atoms with Crippen molar-refractivity contribution < 1.29 is 18.8 Å². The first-order chi connectivity index (χ1) is 12.0. The van der Waals surface area contributed by atoms with Crippen LogP contribution in [0.1, 0.15) is 62.5 Å². The molecule has 2 aliphatic rings. The van der Waals surface area contributed by atoms with E-state index in [1.165, 1.54) is 0 Å². The fourth-order valence-corrected chi connectivity index (χ4v) is 3.39. The molecule has 0 aromatic heterocycles. The normalized spacial score (nSPS) is 24.8. The Labute approximate surface area is 157 Å². The van der Waals surface area contributed by atoms with Crippen LogP contribution < -0.4 is 10.2 Å². The van der Waals surface area contributed by atoms with Gasteiger partial charge in [0.15, 0.2) is 0 Å². The van der Waals surface area contributed by atoms with Gasteiger partial charge in [-0.3, -0.25) is 4.79 Å². The molecule has 0 radical (unpaired) electrons. The topological polar surface area (TPSA) is 48.0 Å².